The van der Waals surface area contributed by atoms with Crippen LogP contribution in [-0.4, -0.2) is 22.9 Å². The maximum Gasteiger partial charge on any atom is 0.171 e. The molecule has 19 heavy (non-hydrogen) atoms. The minimum Gasteiger partial charge on any atom is -0.490 e. The zero-order valence-electron chi connectivity index (χ0n) is 10.5. The number of benzene rings is 1. The molecule has 0 spiro atoms. The monoisotopic (exact) mass is 282 g/mol. The molecule has 0 amide bonds. The second kappa shape index (κ2) is 5.48. The van der Waals surface area contributed by atoms with Crippen LogP contribution in [0.5, 0.6) is 5.75 Å². The normalized spacial score (nSPS) is 22.7. The lowest BCUT2D eigenvalue weighted by atomic mass is 9.80. The third-order valence-electron chi connectivity index (χ3n) is 3.30. The Morgan fingerprint density at radius 3 is 2.74 bits per heavy atom. The standard InChI is InChI=1S/C13H15ClN2O3/c1-7(17)8-4-10(5-8)19-9-2-3-11(12(14)6-9)13(15)16-18/h2-3,6,8,10,18H,4-5H2,1H3,(H2,15,16). The van der Waals surface area contributed by atoms with E-state index >= 15 is 0 Å². The van der Waals surface area contributed by atoms with Crippen LogP contribution in [-0.2, 0) is 4.79 Å². The topological polar surface area (TPSA) is 84.9 Å². The quantitative estimate of drug-likeness (QED) is 0.384. The number of halogens is 1. The Hall–Kier alpha value is -1.75. The van der Waals surface area contributed by atoms with Crippen LogP contribution in [0.2, 0.25) is 5.02 Å². The van der Waals surface area contributed by atoms with Gasteiger partial charge in [0, 0.05) is 11.5 Å². The van der Waals surface area contributed by atoms with Gasteiger partial charge in [0.15, 0.2) is 5.84 Å². The molecule has 1 aromatic rings. The van der Waals surface area contributed by atoms with Gasteiger partial charge in [0.2, 0.25) is 0 Å². The van der Waals surface area contributed by atoms with Crippen molar-refractivity contribution in [2.75, 3.05) is 0 Å². The zero-order valence-corrected chi connectivity index (χ0v) is 11.2. The molecule has 0 bridgehead atoms. The van der Waals surface area contributed by atoms with E-state index in [4.69, 9.17) is 27.3 Å². The highest BCUT2D eigenvalue weighted by Gasteiger charge is 2.33. The number of amidine groups is 1. The maximum atomic E-state index is 11.1. The molecule has 0 unspecified atom stereocenters. The van der Waals surface area contributed by atoms with Gasteiger partial charge in [-0.1, -0.05) is 16.8 Å². The van der Waals surface area contributed by atoms with E-state index in [0.29, 0.717) is 16.3 Å². The number of carbonyl (C=O) groups is 1. The predicted molar refractivity (Wildman–Crippen MR) is 71.8 cm³/mol. The Morgan fingerprint density at radius 2 is 2.21 bits per heavy atom. The van der Waals surface area contributed by atoms with Gasteiger partial charge in [0.05, 0.1) is 5.02 Å². The Balaban J connectivity index is 2.00. The largest absolute Gasteiger partial charge is 0.490 e. The molecule has 2 rings (SSSR count). The minimum atomic E-state index is -0.0446. The highest BCUT2D eigenvalue weighted by Crippen LogP contribution is 2.33. The summed E-state index contributed by atoms with van der Waals surface area (Å²) in [6.45, 7) is 1.60. The van der Waals surface area contributed by atoms with E-state index in [-0.39, 0.29) is 23.6 Å². The lowest BCUT2D eigenvalue weighted by molar-refractivity contribution is -0.126. The number of oxime groups is 1. The lowest BCUT2D eigenvalue weighted by Crippen LogP contribution is -2.37. The van der Waals surface area contributed by atoms with Crippen LogP contribution < -0.4 is 10.5 Å². The van der Waals surface area contributed by atoms with Gasteiger partial charge in [0.1, 0.15) is 17.6 Å². The number of nitrogens with zero attached hydrogens (tertiary/aromatic N) is 1. The van der Waals surface area contributed by atoms with E-state index in [1.54, 1.807) is 25.1 Å². The van der Waals surface area contributed by atoms with Crippen LogP contribution in [0.15, 0.2) is 23.4 Å². The number of carbonyl (C=O) groups excluding carboxylic acids is 1. The maximum absolute atomic E-state index is 11.1. The second-order valence-electron chi connectivity index (χ2n) is 4.65. The molecule has 1 aliphatic rings. The second-order valence-corrected chi connectivity index (χ2v) is 5.05. The Morgan fingerprint density at radius 1 is 1.53 bits per heavy atom. The van der Waals surface area contributed by atoms with Gasteiger partial charge < -0.3 is 15.7 Å². The van der Waals surface area contributed by atoms with Crippen molar-refractivity contribution in [1.29, 1.82) is 0 Å². The molecule has 1 saturated carbocycles. The molecule has 102 valence electrons. The van der Waals surface area contributed by atoms with Crippen LogP contribution in [0.1, 0.15) is 25.3 Å². The third kappa shape index (κ3) is 2.98. The molecular weight excluding hydrogens is 268 g/mol. The first-order valence-electron chi connectivity index (χ1n) is 5.95. The van der Waals surface area contributed by atoms with Crippen molar-refractivity contribution in [3.05, 3.63) is 28.8 Å². The Bertz CT molecular complexity index is 525. The van der Waals surface area contributed by atoms with Gasteiger partial charge in [-0.2, -0.15) is 0 Å². The van der Waals surface area contributed by atoms with E-state index in [1.807, 2.05) is 0 Å². The minimum absolute atomic E-state index is 0.0446. The molecule has 0 saturated heterocycles. The number of Topliss-reactive ketones (excluding diaryl/α,β-unsaturated/α-hetero) is 1. The summed E-state index contributed by atoms with van der Waals surface area (Å²) in [6, 6.07) is 4.96. The van der Waals surface area contributed by atoms with Crippen molar-refractivity contribution in [2.45, 2.75) is 25.9 Å². The average molecular weight is 283 g/mol. The zero-order chi connectivity index (χ0) is 14.0. The summed E-state index contributed by atoms with van der Waals surface area (Å²) in [5.41, 5.74) is 5.92. The van der Waals surface area contributed by atoms with E-state index in [9.17, 15) is 4.79 Å². The molecule has 6 heteroatoms. The van der Waals surface area contributed by atoms with Gasteiger partial charge in [-0.15, -0.1) is 0 Å². The number of ketones is 1. The lowest BCUT2D eigenvalue weighted by Gasteiger charge is -2.33. The highest BCUT2D eigenvalue weighted by atomic mass is 35.5. The van der Waals surface area contributed by atoms with Gasteiger partial charge >= 0.3 is 0 Å². The molecule has 0 heterocycles. The van der Waals surface area contributed by atoms with E-state index in [2.05, 4.69) is 5.16 Å². The van der Waals surface area contributed by atoms with Gasteiger partial charge in [0.25, 0.3) is 0 Å². The van der Waals surface area contributed by atoms with Crippen LogP contribution in [0.25, 0.3) is 0 Å². The van der Waals surface area contributed by atoms with Crippen LogP contribution >= 0.6 is 11.6 Å². The Labute approximate surface area is 116 Å². The van der Waals surface area contributed by atoms with Crippen LogP contribution in [0.4, 0.5) is 0 Å². The highest BCUT2D eigenvalue weighted by molar-refractivity contribution is 6.34. The summed E-state index contributed by atoms with van der Waals surface area (Å²) in [5.74, 6) is 0.903. The van der Waals surface area contributed by atoms with Crippen LogP contribution in [0.3, 0.4) is 0 Å². The summed E-state index contributed by atoms with van der Waals surface area (Å²) >= 11 is 6.02. The van der Waals surface area contributed by atoms with E-state index < -0.39 is 0 Å². The van der Waals surface area contributed by atoms with Gasteiger partial charge in [-0.25, -0.2) is 0 Å². The number of nitrogens with two attached hydrogens (primary N) is 1. The van der Waals surface area contributed by atoms with Crippen molar-refractivity contribution in [2.24, 2.45) is 16.8 Å². The van der Waals surface area contributed by atoms with Gasteiger partial charge in [-0.05, 0) is 38.0 Å². The molecule has 1 aliphatic carbocycles. The fourth-order valence-electron chi connectivity index (χ4n) is 2.02. The number of hydrogen-bond donors (Lipinski definition) is 2. The predicted octanol–water partition coefficient (Wildman–Crippen LogP) is 2.18. The molecule has 0 radical (unpaired) electrons. The Kier molecular flexibility index (Phi) is 3.95. The third-order valence-corrected chi connectivity index (χ3v) is 3.61. The number of ether oxygens (including phenoxy) is 1. The first-order valence-corrected chi connectivity index (χ1v) is 6.33. The van der Waals surface area contributed by atoms with Gasteiger partial charge in [-0.3, -0.25) is 4.79 Å². The fraction of sp³-hybridized carbons (Fsp3) is 0.385. The summed E-state index contributed by atoms with van der Waals surface area (Å²) in [4.78, 5) is 11.1. The van der Waals surface area contributed by atoms with Crippen molar-refractivity contribution in [3.8, 4) is 5.75 Å². The molecule has 3 N–H and O–H groups in total. The van der Waals surface area contributed by atoms with Crippen molar-refractivity contribution in [1.82, 2.24) is 0 Å². The van der Waals surface area contributed by atoms with E-state index in [1.165, 1.54) is 0 Å². The van der Waals surface area contributed by atoms with Crippen molar-refractivity contribution >= 4 is 23.2 Å². The fourth-order valence-corrected chi connectivity index (χ4v) is 2.28. The molecular formula is C13H15ClN2O3. The van der Waals surface area contributed by atoms with Crippen molar-refractivity contribution in [3.63, 3.8) is 0 Å². The summed E-state index contributed by atoms with van der Waals surface area (Å²) < 4.78 is 5.70. The number of hydrogen-bond acceptors (Lipinski definition) is 4. The molecule has 0 aliphatic heterocycles. The summed E-state index contributed by atoms with van der Waals surface area (Å²) in [7, 11) is 0. The molecule has 5 nitrogen and oxygen atoms in total. The molecule has 1 fully saturated rings. The summed E-state index contributed by atoms with van der Waals surface area (Å²) in [6.07, 6.45) is 1.55. The van der Waals surface area contributed by atoms with E-state index in [0.717, 1.165) is 12.8 Å². The van der Waals surface area contributed by atoms with Crippen molar-refractivity contribution < 1.29 is 14.7 Å². The first-order chi connectivity index (χ1) is 9.01. The molecule has 1 aromatic carbocycles. The van der Waals surface area contributed by atoms with Crippen LogP contribution in [0, 0.1) is 5.92 Å². The SMILES string of the molecule is CC(=O)C1CC(Oc2ccc(/C(N)=N/O)c(Cl)c2)C1. The smallest absolute Gasteiger partial charge is 0.171 e. The molecule has 0 aromatic heterocycles. The first kappa shape index (κ1) is 13.7. The molecule has 0 atom stereocenters. The summed E-state index contributed by atoms with van der Waals surface area (Å²) in [5, 5.41) is 11.9. The average Bonchev–Trinajstić information content (AvgIpc) is 2.32. The number of rotatable bonds is 4.